The first-order valence-corrected chi connectivity index (χ1v) is 9.25. The number of nitrogens with zero attached hydrogens (tertiary/aromatic N) is 1. The van der Waals surface area contributed by atoms with Crippen LogP contribution in [0.25, 0.3) is 0 Å². The number of likely N-dealkylation sites (tertiary alicyclic amines) is 1. The predicted octanol–water partition coefficient (Wildman–Crippen LogP) is 3.37. The zero-order valence-corrected chi connectivity index (χ0v) is 14.8. The van der Waals surface area contributed by atoms with Crippen LogP contribution in [-0.4, -0.2) is 35.8 Å². The number of halogens is 1. The molecule has 24 heavy (non-hydrogen) atoms. The van der Waals surface area contributed by atoms with E-state index in [2.05, 4.69) is 5.32 Å². The van der Waals surface area contributed by atoms with E-state index >= 15 is 0 Å². The third-order valence-corrected chi connectivity index (χ3v) is 5.37. The summed E-state index contributed by atoms with van der Waals surface area (Å²) in [6, 6.07) is 11.2. The zero-order chi connectivity index (χ0) is 16.9. The highest BCUT2D eigenvalue weighted by Crippen LogP contribution is 2.20. The molecule has 3 rings (SSSR count). The van der Waals surface area contributed by atoms with Crippen molar-refractivity contribution in [1.82, 2.24) is 10.2 Å². The van der Waals surface area contributed by atoms with Crippen LogP contribution >= 0.6 is 22.9 Å². The number of thiophene rings is 1. The average Bonchev–Trinajstić information content (AvgIpc) is 3.08. The maximum Gasteiger partial charge on any atom is 0.255 e. The first kappa shape index (κ1) is 17.0. The fourth-order valence-corrected chi connectivity index (χ4v) is 3.80. The van der Waals surface area contributed by atoms with Gasteiger partial charge >= 0.3 is 0 Å². The molecule has 126 valence electrons. The number of hydrogen-bond acceptors (Lipinski definition) is 3. The van der Waals surface area contributed by atoms with Crippen molar-refractivity contribution in [2.45, 2.75) is 25.3 Å². The minimum Gasteiger partial charge on any atom is -0.353 e. The number of hydrogen-bond donors (Lipinski definition) is 1. The van der Waals surface area contributed by atoms with Gasteiger partial charge in [0.15, 0.2) is 0 Å². The summed E-state index contributed by atoms with van der Waals surface area (Å²) in [4.78, 5) is 27.5. The number of piperidine rings is 1. The lowest BCUT2D eigenvalue weighted by Gasteiger charge is -2.32. The number of amides is 2. The molecule has 1 N–H and O–H groups in total. The Bertz CT molecular complexity index is 710. The van der Waals surface area contributed by atoms with Crippen LogP contribution in [0.2, 0.25) is 5.02 Å². The minimum atomic E-state index is -0.0380. The van der Waals surface area contributed by atoms with Gasteiger partial charge in [-0.3, -0.25) is 9.59 Å². The molecule has 2 amide bonds. The molecule has 0 bridgehead atoms. The summed E-state index contributed by atoms with van der Waals surface area (Å²) in [5, 5.41) is 5.53. The second-order valence-corrected chi connectivity index (χ2v) is 7.31. The van der Waals surface area contributed by atoms with E-state index in [4.69, 9.17) is 11.6 Å². The van der Waals surface area contributed by atoms with Crippen molar-refractivity contribution < 1.29 is 9.59 Å². The van der Waals surface area contributed by atoms with Gasteiger partial charge in [-0.2, -0.15) is 0 Å². The number of rotatable bonds is 4. The fraction of sp³-hybridized carbons (Fsp3) is 0.333. The van der Waals surface area contributed by atoms with Crippen molar-refractivity contribution in [3.63, 3.8) is 0 Å². The lowest BCUT2D eigenvalue weighted by molar-refractivity contribution is -0.121. The van der Waals surface area contributed by atoms with Crippen molar-refractivity contribution in [3.8, 4) is 0 Å². The van der Waals surface area contributed by atoms with Gasteiger partial charge in [-0.1, -0.05) is 29.8 Å². The highest BCUT2D eigenvalue weighted by molar-refractivity contribution is 7.10. The summed E-state index contributed by atoms with van der Waals surface area (Å²) in [6.07, 6.45) is 1.97. The molecule has 0 spiro atoms. The van der Waals surface area contributed by atoms with Gasteiger partial charge in [-0.15, -0.1) is 11.3 Å². The molecule has 0 aliphatic carbocycles. The molecule has 1 aliphatic rings. The molecule has 1 aliphatic heterocycles. The van der Waals surface area contributed by atoms with Gasteiger partial charge in [-0.05, 0) is 36.4 Å². The molecule has 0 unspecified atom stereocenters. The van der Waals surface area contributed by atoms with Crippen molar-refractivity contribution in [2.75, 3.05) is 13.1 Å². The molecule has 0 atom stereocenters. The molecule has 1 aromatic carbocycles. The van der Waals surface area contributed by atoms with Gasteiger partial charge in [0.05, 0.1) is 17.0 Å². The quantitative estimate of drug-likeness (QED) is 0.906. The van der Waals surface area contributed by atoms with Gasteiger partial charge < -0.3 is 10.2 Å². The molecule has 6 heteroatoms. The van der Waals surface area contributed by atoms with Crippen molar-refractivity contribution in [1.29, 1.82) is 0 Å². The Morgan fingerprint density at radius 2 is 1.92 bits per heavy atom. The van der Waals surface area contributed by atoms with Crippen molar-refractivity contribution in [2.24, 2.45) is 0 Å². The van der Waals surface area contributed by atoms with Gasteiger partial charge in [0.25, 0.3) is 5.91 Å². The normalized spacial score (nSPS) is 15.3. The van der Waals surface area contributed by atoms with Crippen LogP contribution in [0.3, 0.4) is 0 Å². The van der Waals surface area contributed by atoms with Gasteiger partial charge in [0.2, 0.25) is 5.91 Å². The lowest BCUT2D eigenvalue weighted by Crippen LogP contribution is -2.46. The third-order valence-electron chi connectivity index (χ3n) is 4.17. The van der Waals surface area contributed by atoms with E-state index in [9.17, 15) is 9.59 Å². The number of nitrogens with one attached hydrogen (secondary N) is 1. The van der Waals surface area contributed by atoms with Crippen LogP contribution in [0.15, 0.2) is 41.8 Å². The van der Waals surface area contributed by atoms with Crippen LogP contribution in [0.4, 0.5) is 0 Å². The van der Waals surface area contributed by atoms with Crippen LogP contribution < -0.4 is 5.32 Å². The molecule has 0 saturated carbocycles. The Balaban J connectivity index is 1.50. The molecule has 1 saturated heterocycles. The second-order valence-electron chi connectivity index (χ2n) is 5.87. The summed E-state index contributed by atoms with van der Waals surface area (Å²) < 4.78 is 0. The predicted molar refractivity (Wildman–Crippen MR) is 96.5 cm³/mol. The number of benzene rings is 1. The first-order valence-electron chi connectivity index (χ1n) is 7.99. The smallest absolute Gasteiger partial charge is 0.255 e. The van der Waals surface area contributed by atoms with E-state index in [1.807, 2.05) is 34.5 Å². The summed E-state index contributed by atoms with van der Waals surface area (Å²) >= 11 is 7.69. The molecule has 1 fully saturated rings. The average molecular weight is 363 g/mol. The standard InChI is InChI=1S/C18H19ClN2O2S/c19-16-6-2-1-5-15(16)18(23)21-9-7-13(8-10-21)20-17(22)12-14-4-3-11-24-14/h1-6,11,13H,7-10,12H2,(H,20,22). The molecule has 0 radical (unpaired) electrons. The Hall–Kier alpha value is -1.85. The lowest BCUT2D eigenvalue weighted by atomic mass is 10.0. The summed E-state index contributed by atoms with van der Waals surface area (Å²) in [5.74, 6) is 0.0114. The van der Waals surface area contributed by atoms with E-state index < -0.39 is 0 Å². The summed E-state index contributed by atoms with van der Waals surface area (Å²) in [7, 11) is 0. The van der Waals surface area contributed by atoms with Crippen molar-refractivity contribution in [3.05, 3.63) is 57.2 Å². The van der Waals surface area contributed by atoms with Crippen LogP contribution in [0.5, 0.6) is 0 Å². The Kier molecular flexibility index (Phi) is 5.53. The van der Waals surface area contributed by atoms with E-state index in [1.54, 1.807) is 23.5 Å². The largest absolute Gasteiger partial charge is 0.353 e. The summed E-state index contributed by atoms with van der Waals surface area (Å²) in [5.41, 5.74) is 0.541. The van der Waals surface area contributed by atoms with Crippen molar-refractivity contribution >= 4 is 34.8 Å². The third kappa shape index (κ3) is 4.16. The maximum atomic E-state index is 12.5. The zero-order valence-electron chi connectivity index (χ0n) is 13.2. The Morgan fingerprint density at radius 1 is 1.17 bits per heavy atom. The molecular weight excluding hydrogens is 344 g/mol. The highest BCUT2D eigenvalue weighted by atomic mass is 35.5. The molecular formula is C18H19ClN2O2S. The topological polar surface area (TPSA) is 49.4 Å². The minimum absolute atomic E-state index is 0.0380. The second kappa shape index (κ2) is 7.81. The maximum absolute atomic E-state index is 12.5. The Morgan fingerprint density at radius 3 is 2.58 bits per heavy atom. The van der Waals surface area contributed by atoms with Gasteiger partial charge in [0, 0.05) is 24.0 Å². The summed E-state index contributed by atoms with van der Waals surface area (Å²) in [6.45, 7) is 1.27. The molecule has 2 aromatic rings. The molecule has 1 aromatic heterocycles. The van der Waals surface area contributed by atoms with Crippen LogP contribution in [0.1, 0.15) is 28.1 Å². The SMILES string of the molecule is O=C(Cc1cccs1)NC1CCN(C(=O)c2ccccc2Cl)CC1. The van der Waals surface area contributed by atoms with Crippen LogP contribution in [0, 0.1) is 0 Å². The van der Waals surface area contributed by atoms with Gasteiger partial charge in [-0.25, -0.2) is 0 Å². The van der Waals surface area contributed by atoms with E-state index in [0.717, 1.165) is 17.7 Å². The number of carbonyl (C=O) groups is 2. The van der Waals surface area contributed by atoms with E-state index in [1.165, 1.54) is 0 Å². The van der Waals surface area contributed by atoms with Gasteiger partial charge in [0.1, 0.15) is 0 Å². The van der Waals surface area contributed by atoms with E-state index in [-0.39, 0.29) is 17.9 Å². The molecule has 2 heterocycles. The highest BCUT2D eigenvalue weighted by Gasteiger charge is 2.25. The number of carbonyl (C=O) groups excluding carboxylic acids is 2. The first-order chi connectivity index (χ1) is 11.6. The van der Waals surface area contributed by atoms with Crippen LogP contribution in [-0.2, 0) is 11.2 Å². The monoisotopic (exact) mass is 362 g/mol. The fourth-order valence-electron chi connectivity index (χ4n) is 2.88. The van der Waals surface area contributed by atoms with E-state index in [0.29, 0.717) is 30.1 Å². The Labute approximate surface area is 150 Å². The molecule has 4 nitrogen and oxygen atoms in total.